The Hall–Kier alpha value is -2.29. The molecule has 2 N–H and O–H groups in total. The summed E-state index contributed by atoms with van der Waals surface area (Å²) in [6, 6.07) is 12.2. The Morgan fingerprint density at radius 3 is 2.11 bits per heavy atom. The highest BCUT2D eigenvalue weighted by molar-refractivity contribution is 5.90. The lowest BCUT2D eigenvalue weighted by atomic mass is 10.2. The van der Waals surface area contributed by atoms with Gasteiger partial charge in [-0.3, -0.25) is 4.79 Å². The third kappa shape index (κ3) is 2.51. The second kappa shape index (κ2) is 4.92. The zero-order valence-corrected chi connectivity index (χ0v) is 10.6. The van der Waals surface area contributed by atoms with Gasteiger partial charge in [-0.05, 0) is 49.8 Å². The summed E-state index contributed by atoms with van der Waals surface area (Å²) in [7, 11) is 0. The summed E-state index contributed by atoms with van der Waals surface area (Å²) in [6.07, 6.45) is 3.07. The topological polar surface area (TPSA) is 48.0 Å². The quantitative estimate of drug-likeness (QED) is 0.824. The van der Waals surface area contributed by atoms with E-state index in [0.29, 0.717) is 0 Å². The number of primary amides is 1. The Balaban J connectivity index is 2.31. The molecule has 0 aliphatic rings. The van der Waals surface area contributed by atoms with Crippen molar-refractivity contribution in [3.05, 3.63) is 59.4 Å². The molecule has 1 amide bonds. The van der Waals surface area contributed by atoms with E-state index in [1.807, 2.05) is 24.3 Å². The Kier molecular flexibility index (Phi) is 3.33. The number of amides is 1. The fourth-order valence-electron chi connectivity index (χ4n) is 1.99. The molecule has 2 rings (SSSR count). The Bertz CT molecular complexity index is 572. The first-order valence-electron chi connectivity index (χ1n) is 5.81. The summed E-state index contributed by atoms with van der Waals surface area (Å²) in [5.41, 5.74) is 9.54. The van der Waals surface area contributed by atoms with Crippen LogP contribution in [-0.4, -0.2) is 10.5 Å². The Morgan fingerprint density at radius 2 is 1.61 bits per heavy atom. The maximum atomic E-state index is 10.6. The van der Waals surface area contributed by atoms with Crippen molar-refractivity contribution in [1.29, 1.82) is 0 Å². The second-order valence-electron chi connectivity index (χ2n) is 4.28. The van der Waals surface area contributed by atoms with Crippen LogP contribution in [0.3, 0.4) is 0 Å². The lowest BCUT2D eigenvalue weighted by molar-refractivity contribution is -0.113. The maximum Gasteiger partial charge on any atom is 0.241 e. The molecule has 2 aromatic rings. The molecule has 0 aliphatic heterocycles. The van der Waals surface area contributed by atoms with Gasteiger partial charge in [0, 0.05) is 23.2 Å². The summed E-state index contributed by atoms with van der Waals surface area (Å²) in [4.78, 5) is 10.6. The third-order valence-corrected chi connectivity index (χ3v) is 2.86. The fourth-order valence-corrected chi connectivity index (χ4v) is 1.99. The average molecular weight is 240 g/mol. The van der Waals surface area contributed by atoms with Crippen molar-refractivity contribution in [1.82, 2.24) is 4.57 Å². The molecule has 0 unspecified atom stereocenters. The van der Waals surface area contributed by atoms with Crippen molar-refractivity contribution in [3.8, 4) is 5.69 Å². The van der Waals surface area contributed by atoms with Gasteiger partial charge in [0.1, 0.15) is 0 Å². The summed E-state index contributed by atoms with van der Waals surface area (Å²) >= 11 is 0. The van der Waals surface area contributed by atoms with Gasteiger partial charge >= 0.3 is 0 Å². The number of aryl methyl sites for hydroxylation is 2. The van der Waals surface area contributed by atoms with Crippen LogP contribution in [0.1, 0.15) is 17.0 Å². The summed E-state index contributed by atoms with van der Waals surface area (Å²) in [6.45, 7) is 4.15. The number of carbonyl (C=O) groups is 1. The molecule has 1 aromatic heterocycles. The van der Waals surface area contributed by atoms with Crippen LogP contribution >= 0.6 is 0 Å². The van der Waals surface area contributed by atoms with Gasteiger partial charge in [-0.15, -0.1) is 0 Å². The number of aromatic nitrogens is 1. The molecule has 0 atom stereocenters. The molecule has 0 fully saturated rings. The smallest absolute Gasteiger partial charge is 0.241 e. The number of hydrogen-bond acceptors (Lipinski definition) is 1. The van der Waals surface area contributed by atoms with E-state index in [-0.39, 0.29) is 0 Å². The number of hydrogen-bond donors (Lipinski definition) is 1. The van der Waals surface area contributed by atoms with Crippen LogP contribution in [0.15, 0.2) is 42.5 Å². The van der Waals surface area contributed by atoms with E-state index in [9.17, 15) is 4.79 Å². The monoisotopic (exact) mass is 240 g/mol. The molecular formula is C15H16N2O. The first-order chi connectivity index (χ1) is 8.58. The lowest BCUT2D eigenvalue weighted by Gasteiger charge is -2.09. The Labute approximate surface area is 107 Å². The molecule has 3 nitrogen and oxygen atoms in total. The van der Waals surface area contributed by atoms with Gasteiger partial charge in [0.25, 0.3) is 0 Å². The third-order valence-electron chi connectivity index (χ3n) is 2.86. The minimum absolute atomic E-state index is 0.434. The minimum Gasteiger partial charge on any atom is -0.366 e. The second-order valence-corrected chi connectivity index (χ2v) is 4.28. The van der Waals surface area contributed by atoms with E-state index in [1.165, 1.54) is 17.5 Å². The van der Waals surface area contributed by atoms with E-state index >= 15 is 0 Å². The first-order valence-corrected chi connectivity index (χ1v) is 5.81. The predicted octanol–water partition coefficient (Wildman–Crippen LogP) is 2.59. The molecule has 0 bridgehead atoms. The SMILES string of the molecule is Cc1ccc(C)n1-c1ccc(/C=C/C(N)=O)cc1. The first kappa shape index (κ1) is 12.2. The lowest BCUT2D eigenvalue weighted by Crippen LogP contribution is -2.05. The number of rotatable bonds is 3. The molecule has 0 aliphatic carbocycles. The molecule has 1 heterocycles. The molecule has 0 saturated carbocycles. The van der Waals surface area contributed by atoms with Crippen molar-refractivity contribution >= 4 is 12.0 Å². The number of benzene rings is 1. The van der Waals surface area contributed by atoms with Crippen LogP contribution < -0.4 is 5.73 Å². The highest BCUT2D eigenvalue weighted by Crippen LogP contribution is 2.17. The van der Waals surface area contributed by atoms with Gasteiger partial charge in [-0.2, -0.15) is 0 Å². The summed E-state index contributed by atoms with van der Waals surface area (Å²) < 4.78 is 2.18. The standard InChI is InChI=1S/C15H16N2O/c1-11-3-4-12(2)17(11)14-8-5-13(6-9-14)7-10-15(16)18/h3-10H,1-2H3,(H2,16,18)/b10-7+. The fraction of sp³-hybridized carbons (Fsp3) is 0.133. The van der Waals surface area contributed by atoms with Gasteiger partial charge in [-0.1, -0.05) is 12.1 Å². The molecule has 0 radical (unpaired) electrons. The normalized spacial score (nSPS) is 11.0. The van der Waals surface area contributed by atoms with Crippen molar-refractivity contribution in [2.24, 2.45) is 5.73 Å². The van der Waals surface area contributed by atoms with Crippen LogP contribution in [0.5, 0.6) is 0 Å². The van der Waals surface area contributed by atoms with Crippen molar-refractivity contribution < 1.29 is 4.79 Å². The van der Waals surface area contributed by atoms with E-state index < -0.39 is 5.91 Å². The van der Waals surface area contributed by atoms with E-state index in [4.69, 9.17) is 5.73 Å². The van der Waals surface area contributed by atoms with Gasteiger partial charge in [-0.25, -0.2) is 0 Å². The van der Waals surface area contributed by atoms with Crippen LogP contribution in [0.25, 0.3) is 11.8 Å². The zero-order valence-electron chi connectivity index (χ0n) is 10.6. The van der Waals surface area contributed by atoms with Crippen LogP contribution in [-0.2, 0) is 4.79 Å². The van der Waals surface area contributed by atoms with Gasteiger partial charge in [0.05, 0.1) is 0 Å². The summed E-state index contributed by atoms with van der Waals surface area (Å²) in [5.74, 6) is -0.434. The van der Waals surface area contributed by atoms with Crippen LogP contribution in [0.4, 0.5) is 0 Å². The van der Waals surface area contributed by atoms with Crippen molar-refractivity contribution in [3.63, 3.8) is 0 Å². The molecular weight excluding hydrogens is 224 g/mol. The largest absolute Gasteiger partial charge is 0.366 e. The molecule has 1 aromatic carbocycles. The molecule has 18 heavy (non-hydrogen) atoms. The van der Waals surface area contributed by atoms with Gasteiger partial charge < -0.3 is 10.3 Å². The van der Waals surface area contributed by atoms with E-state index in [2.05, 4.69) is 30.5 Å². The minimum atomic E-state index is -0.434. The van der Waals surface area contributed by atoms with Crippen molar-refractivity contribution in [2.45, 2.75) is 13.8 Å². The van der Waals surface area contributed by atoms with Crippen LogP contribution in [0.2, 0.25) is 0 Å². The Morgan fingerprint density at radius 1 is 1.06 bits per heavy atom. The van der Waals surface area contributed by atoms with Gasteiger partial charge in [0.2, 0.25) is 5.91 Å². The van der Waals surface area contributed by atoms with E-state index in [0.717, 1.165) is 11.3 Å². The van der Waals surface area contributed by atoms with Crippen molar-refractivity contribution in [2.75, 3.05) is 0 Å². The highest BCUT2D eigenvalue weighted by Gasteiger charge is 2.02. The molecule has 3 heteroatoms. The number of nitrogens with zero attached hydrogens (tertiary/aromatic N) is 1. The maximum absolute atomic E-state index is 10.6. The molecule has 0 saturated heterocycles. The van der Waals surface area contributed by atoms with E-state index in [1.54, 1.807) is 6.08 Å². The molecule has 92 valence electrons. The number of carbonyl (C=O) groups excluding carboxylic acids is 1. The zero-order chi connectivity index (χ0) is 13.1. The number of nitrogens with two attached hydrogens (primary N) is 1. The predicted molar refractivity (Wildman–Crippen MR) is 73.5 cm³/mol. The summed E-state index contributed by atoms with van der Waals surface area (Å²) in [5, 5.41) is 0. The average Bonchev–Trinajstić information content (AvgIpc) is 2.67. The van der Waals surface area contributed by atoms with Crippen LogP contribution in [0, 0.1) is 13.8 Å². The highest BCUT2D eigenvalue weighted by atomic mass is 16.1. The molecule has 0 spiro atoms. The van der Waals surface area contributed by atoms with Gasteiger partial charge in [0.15, 0.2) is 0 Å².